The van der Waals surface area contributed by atoms with Crippen LogP contribution in [0.1, 0.15) is 26.7 Å². The highest BCUT2D eigenvalue weighted by atomic mass is 35.5. The van der Waals surface area contributed by atoms with Crippen molar-refractivity contribution in [3.63, 3.8) is 0 Å². The first kappa shape index (κ1) is 11.7. The number of carbonyl (C=O) groups is 1. The summed E-state index contributed by atoms with van der Waals surface area (Å²) in [6, 6.07) is 0. The monoisotopic (exact) mass is 192 g/mol. The van der Waals surface area contributed by atoms with Crippen molar-refractivity contribution in [2.45, 2.75) is 32.9 Å². The van der Waals surface area contributed by atoms with Gasteiger partial charge in [-0.25, -0.2) is 0 Å². The van der Waals surface area contributed by atoms with Crippen LogP contribution in [0.3, 0.4) is 0 Å². The van der Waals surface area contributed by atoms with Crippen LogP contribution >= 0.6 is 12.4 Å². The summed E-state index contributed by atoms with van der Waals surface area (Å²) < 4.78 is 0. The first-order valence-corrected chi connectivity index (χ1v) is 4.18. The first-order chi connectivity index (χ1) is 5.13. The van der Waals surface area contributed by atoms with Gasteiger partial charge in [0.1, 0.15) is 0 Å². The van der Waals surface area contributed by atoms with E-state index in [-0.39, 0.29) is 24.5 Å². The van der Waals surface area contributed by atoms with Crippen LogP contribution in [-0.4, -0.2) is 23.5 Å². The lowest BCUT2D eigenvalue weighted by atomic mass is 10.1. The van der Waals surface area contributed by atoms with Crippen LogP contribution in [-0.2, 0) is 4.79 Å². The Morgan fingerprint density at radius 2 is 2.08 bits per heavy atom. The van der Waals surface area contributed by atoms with Gasteiger partial charge in [0.25, 0.3) is 0 Å². The number of likely N-dealkylation sites (tertiary alicyclic amines) is 1. The van der Waals surface area contributed by atoms with Gasteiger partial charge >= 0.3 is 0 Å². The zero-order valence-electron chi connectivity index (χ0n) is 7.62. The van der Waals surface area contributed by atoms with Gasteiger partial charge in [-0.2, -0.15) is 0 Å². The van der Waals surface area contributed by atoms with Crippen molar-refractivity contribution < 1.29 is 4.79 Å². The number of nitrogens with zero attached hydrogens (tertiary/aromatic N) is 1. The van der Waals surface area contributed by atoms with Crippen molar-refractivity contribution in [3.8, 4) is 0 Å². The van der Waals surface area contributed by atoms with E-state index in [4.69, 9.17) is 5.73 Å². The molecule has 1 unspecified atom stereocenters. The van der Waals surface area contributed by atoms with Crippen molar-refractivity contribution in [1.29, 1.82) is 0 Å². The van der Waals surface area contributed by atoms with Gasteiger partial charge in [-0.15, -0.1) is 12.4 Å². The Kier molecular flexibility index (Phi) is 4.57. The molecule has 2 N–H and O–H groups in total. The van der Waals surface area contributed by atoms with Crippen molar-refractivity contribution >= 4 is 18.3 Å². The van der Waals surface area contributed by atoms with E-state index < -0.39 is 0 Å². The van der Waals surface area contributed by atoms with E-state index in [2.05, 4.69) is 0 Å². The van der Waals surface area contributed by atoms with Crippen LogP contribution in [0, 0.1) is 5.92 Å². The molecule has 1 atom stereocenters. The second-order valence-electron chi connectivity index (χ2n) is 3.43. The molecule has 1 aliphatic rings. The van der Waals surface area contributed by atoms with E-state index in [0.29, 0.717) is 12.3 Å². The Morgan fingerprint density at radius 3 is 2.42 bits per heavy atom. The molecule has 1 rings (SSSR count). The topological polar surface area (TPSA) is 46.3 Å². The van der Waals surface area contributed by atoms with Crippen molar-refractivity contribution in [3.05, 3.63) is 0 Å². The summed E-state index contributed by atoms with van der Waals surface area (Å²) in [5.41, 5.74) is 5.82. The lowest BCUT2D eigenvalue weighted by molar-refractivity contribution is -0.130. The minimum Gasteiger partial charge on any atom is -0.327 e. The van der Waals surface area contributed by atoms with Gasteiger partial charge in [0, 0.05) is 13.0 Å². The molecule has 4 heteroatoms. The van der Waals surface area contributed by atoms with E-state index in [1.807, 2.05) is 13.8 Å². The summed E-state index contributed by atoms with van der Waals surface area (Å²) in [5.74, 6) is 0.572. The molecular weight excluding hydrogens is 176 g/mol. The molecule has 0 bridgehead atoms. The highest BCUT2D eigenvalue weighted by Gasteiger charge is 2.26. The normalized spacial score (nSPS) is 19.7. The number of nitrogens with two attached hydrogens (primary N) is 1. The van der Waals surface area contributed by atoms with Crippen LogP contribution < -0.4 is 5.73 Å². The second kappa shape index (κ2) is 4.67. The number of halogens is 1. The third kappa shape index (κ3) is 2.35. The lowest BCUT2D eigenvalue weighted by Gasteiger charge is -2.26. The van der Waals surface area contributed by atoms with E-state index in [1.165, 1.54) is 0 Å². The minimum atomic E-state index is -0.0787. The molecule has 0 radical (unpaired) electrons. The zero-order chi connectivity index (χ0) is 8.43. The molecule has 1 saturated heterocycles. The van der Waals surface area contributed by atoms with Gasteiger partial charge in [-0.1, -0.05) is 13.8 Å². The van der Waals surface area contributed by atoms with Crippen molar-refractivity contribution in [2.24, 2.45) is 11.7 Å². The fourth-order valence-corrected chi connectivity index (χ4v) is 1.34. The van der Waals surface area contributed by atoms with E-state index in [1.54, 1.807) is 4.90 Å². The van der Waals surface area contributed by atoms with Crippen LogP contribution in [0.15, 0.2) is 0 Å². The summed E-state index contributed by atoms with van der Waals surface area (Å²) in [4.78, 5) is 12.9. The first-order valence-electron chi connectivity index (χ1n) is 4.18. The van der Waals surface area contributed by atoms with Crippen LogP contribution in [0.25, 0.3) is 0 Å². The Morgan fingerprint density at radius 1 is 1.50 bits per heavy atom. The molecule has 0 aromatic heterocycles. The second-order valence-corrected chi connectivity index (χ2v) is 3.43. The summed E-state index contributed by atoms with van der Waals surface area (Å²) in [6.45, 7) is 4.92. The number of carbonyl (C=O) groups excluding carboxylic acids is 1. The maximum absolute atomic E-state index is 11.2. The molecular formula is C8H17ClN2O. The Balaban J connectivity index is 0.00000121. The molecule has 1 heterocycles. The predicted molar refractivity (Wildman–Crippen MR) is 51.0 cm³/mol. The minimum absolute atomic E-state index is 0. The van der Waals surface area contributed by atoms with Gasteiger partial charge in [0.2, 0.25) is 5.91 Å². The molecule has 72 valence electrons. The lowest BCUT2D eigenvalue weighted by Crippen LogP contribution is -2.46. The highest BCUT2D eigenvalue weighted by Crippen LogP contribution is 2.14. The van der Waals surface area contributed by atoms with E-state index in [0.717, 1.165) is 13.0 Å². The van der Waals surface area contributed by atoms with Crippen LogP contribution in [0.5, 0.6) is 0 Å². The van der Waals surface area contributed by atoms with Gasteiger partial charge < -0.3 is 10.6 Å². The maximum atomic E-state index is 11.2. The Bertz CT molecular complexity index is 161. The number of hydrogen-bond donors (Lipinski definition) is 1. The number of rotatable bonds is 2. The summed E-state index contributed by atoms with van der Waals surface area (Å²) in [6.07, 6.45) is 1.57. The van der Waals surface area contributed by atoms with Crippen molar-refractivity contribution in [1.82, 2.24) is 4.90 Å². The van der Waals surface area contributed by atoms with Crippen LogP contribution in [0.4, 0.5) is 0 Å². The van der Waals surface area contributed by atoms with E-state index in [9.17, 15) is 4.79 Å². The van der Waals surface area contributed by atoms with Gasteiger partial charge in [-0.05, 0) is 12.3 Å². The largest absolute Gasteiger partial charge is 0.327 e. The maximum Gasteiger partial charge on any atom is 0.223 e. The quantitative estimate of drug-likeness (QED) is 0.709. The highest BCUT2D eigenvalue weighted by molar-refractivity contribution is 5.85. The SMILES string of the molecule is CC(C)C(N)N1CCCC1=O.Cl. The average Bonchev–Trinajstić information content (AvgIpc) is 2.33. The third-order valence-corrected chi connectivity index (χ3v) is 2.15. The fraction of sp³-hybridized carbons (Fsp3) is 0.875. The van der Waals surface area contributed by atoms with E-state index >= 15 is 0 Å². The standard InChI is InChI=1S/C8H16N2O.ClH/c1-6(2)8(9)10-5-3-4-7(10)11;/h6,8H,3-5,9H2,1-2H3;1H. The molecule has 1 fully saturated rings. The molecule has 0 spiro atoms. The molecule has 1 aliphatic heterocycles. The smallest absolute Gasteiger partial charge is 0.223 e. The summed E-state index contributed by atoms with van der Waals surface area (Å²) in [5, 5.41) is 0. The molecule has 12 heavy (non-hydrogen) atoms. The Hall–Kier alpha value is -0.280. The average molecular weight is 193 g/mol. The van der Waals surface area contributed by atoms with Gasteiger partial charge in [-0.3, -0.25) is 4.79 Å². The van der Waals surface area contributed by atoms with Crippen molar-refractivity contribution in [2.75, 3.05) is 6.54 Å². The van der Waals surface area contributed by atoms with Gasteiger partial charge in [0.05, 0.1) is 6.17 Å². The predicted octanol–water partition coefficient (Wildman–Crippen LogP) is 0.971. The van der Waals surface area contributed by atoms with Gasteiger partial charge in [0.15, 0.2) is 0 Å². The molecule has 0 aliphatic carbocycles. The number of hydrogen-bond acceptors (Lipinski definition) is 2. The molecule has 1 amide bonds. The van der Waals surface area contributed by atoms with Crippen LogP contribution in [0.2, 0.25) is 0 Å². The summed E-state index contributed by atoms with van der Waals surface area (Å²) >= 11 is 0. The Labute approximate surface area is 79.7 Å². The molecule has 0 aromatic rings. The number of amides is 1. The third-order valence-electron chi connectivity index (χ3n) is 2.15. The molecule has 0 saturated carbocycles. The summed E-state index contributed by atoms with van der Waals surface area (Å²) in [7, 11) is 0. The zero-order valence-corrected chi connectivity index (χ0v) is 8.43. The fourth-order valence-electron chi connectivity index (χ4n) is 1.34. The molecule has 0 aromatic carbocycles. The molecule has 3 nitrogen and oxygen atoms in total.